The van der Waals surface area contributed by atoms with Crippen LogP contribution in [0.4, 0.5) is 5.69 Å². The molecule has 1 aromatic heterocycles. The number of aromatic nitrogens is 2. The van der Waals surface area contributed by atoms with Crippen molar-refractivity contribution < 1.29 is 18.8 Å². The predicted octanol–water partition coefficient (Wildman–Crippen LogP) is 5.32. The summed E-state index contributed by atoms with van der Waals surface area (Å²) < 4.78 is 11.3. The van der Waals surface area contributed by atoms with E-state index in [2.05, 4.69) is 16.7 Å². The first-order valence-corrected chi connectivity index (χ1v) is 11.4. The van der Waals surface area contributed by atoms with Crippen molar-refractivity contribution in [1.82, 2.24) is 10.1 Å². The lowest BCUT2D eigenvalue weighted by Crippen LogP contribution is -2.30. The summed E-state index contributed by atoms with van der Waals surface area (Å²) in [7, 11) is 0. The van der Waals surface area contributed by atoms with E-state index in [9.17, 15) is 9.59 Å². The Labute approximate surface area is 199 Å². The van der Waals surface area contributed by atoms with Crippen LogP contribution >= 0.6 is 0 Å². The van der Waals surface area contributed by atoms with Crippen LogP contribution in [-0.2, 0) is 9.59 Å². The summed E-state index contributed by atoms with van der Waals surface area (Å²) in [5, 5.41) is 3.83. The Bertz CT molecular complexity index is 1230. The van der Waals surface area contributed by atoms with Gasteiger partial charge in [-0.25, -0.2) is 0 Å². The van der Waals surface area contributed by atoms with Crippen molar-refractivity contribution in [2.75, 3.05) is 4.90 Å². The molecule has 2 atom stereocenters. The zero-order valence-electron chi connectivity index (χ0n) is 20.1. The lowest BCUT2D eigenvalue weighted by atomic mass is 9.82. The van der Waals surface area contributed by atoms with E-state index in [4.69, 9.17) is 9.26 Å². The molecule has 1 aliphatic heterocycles. The fraction of sp³-hybridized carbons (Fsp3) is 0.333. The Balaban J connectivity index is 1.82. The molecule has 1 saturated heterocycles. The summed E-state index contributed by atoms with van der Waals surface area (Å²) in [5.74, 6) is -0.0812. The van der Waals surface area contributed by atoms with Crippen molar-refractivity contribution in [1.29, 1.82) is 0 Å². The molecule has 0 bridgehead atoms. The normalized spacial score (nSPS) is 18.3. The summed E-state index contributed by atoms with van der Waals surface area (Å²) in [6.45, 7) is 13.8. The zero-order chi connectivity index (χ0) is 24.6. The molecule has 1 fully saturated rings. The lowest BCUT2D eigenvalue weighted by molar-refractivity contribution is -0.135. The van der Waals surface area contributed by atoms with Gasteiger partial charge in [-0.2, -0.15) is 4.98 Å². The highest BCUT2D eigenvalue weighted by atomic mass is 16.5. The minimum Gasteiger partial charge on any atom is -0.491 e. The first-order chi connectivity index (χ1) is 16.2. The first-order valence-electron chi connectivity index (χ1n) is 11.4. The molecule has 176 valence electrons. The third-order valence-electron chi connectivity index (χ3n) is 5.97. The number of amides is 1. The van der Waals surface area contributed by atoms with Gasteiger partial charge in [-0.15, -0.1) is 0 Å². The molecule has 2 aromatic carbocycles. The summed E-state index contributed by atoms with van der Waals surface area (Å²) in [5.41, 5.74) is 2.83. The highest BCUT2D eigenvalue weighted by Gasteiger charge is 2.51. The number of ketones is 1. The van der Waals surface area contributed by atoms with E-state index in [-0.39, 0.29) is 12.0 Å². The number of benzene rings is 2. The third kappa shape index (κ3) is 4.25. The van der Waals surface area contributed by atoms with Crippen LogP contribution in [0.15, 0.2) is 65.2 Å². The van der Waals surface area contributed by atoms with Gasteiger partial charge in [-0.3, -0.25) is 14.5 Å². The highest BCUT2D eigenvalue weighted by molar-refractivity contribution is 6.45. The van der Waals surface area contributed by atoms with Crippen molar-refractivity contribution in [3.8, 4) is 17.2 Å². The molecule has 0 N–H and O–H groups in total. The van der Waals surface area contributed by atoms with Crippen LogP contribution < -0.4 is 9.64 Å². The number of anilines is 1. The number of ether oxygens (including phenoxy) is 1. The second-order valence-electron chi connectivity index (χ2n) is 9.09. The number of Topliss-reactive ketones (excluding diaryl/α,β-unsaturated/α-hetero) is 1. The zero-order valence-corrected chi connectivity index (χ0v) is 20.1. The molecular formula is C27H29N3O4. The van der Waals surface area contributed by atoms with Crippen molar-refractivity contribution in [2.24, 2.45) is 11.8 Å². The van der Waals surface area contributed by atoms with Gasteiger partial charge in [0.2, 0.25) is 5.78 Å². The van der Waals surface area contributed by atoms with E-state index in [1.165, 1.54) is 0 Å². The molecule has 3 aromatic rings. The van der Waals surface area contributed by atoms with Crippen LogP contribution in [0.2, 0.25) is 0 Å². The van der Waals surface area contributed by atoms with Crippen molar-refractivity contribution >= 4 is 17.4 Å². The summed E-state index contributed by atoms with van der Waals surface area (Å²) in [4.78, 5) is 32.5. The lowest BCUT2D eigenvalue weighted by Gasteiger charge is -2.31. The molecule has 0 spiro atoms. The molecule has 2 heterocycles. The van der Waals surface area contributed by atoms with Crippen LogP contribution in [0, 0.1) is 18.8 Å². The van der Waals surface area contributed by atoms with Crippen LogP contribution in [-0.4, -0.2) is 27.9 Å². The van der Waals surface area contributed by atoms with E-state index in [1.807, 2.05) is 52.0 Å². The fourth-order valence-corrected chi connectivity index (χ4v) is 4.26. The van der Waals surface area contributed by atoms with E-state index in [1.54, 1.807) is 36.1 Å². The third-order valence-corrected chi connectivity index (χ3v) is 5.97. The predicted molar refractivity (Wildman–Crippen MR) is 129 cm³/mol. The number of para-hydroxylation sites is 1. The van der Waals surface area contributed by atoms with Gasteiger partial charge in [0.25, 0.3) is 11.8 Å². The van der Waals surface area contributed by atoms with E-state index in [0.717, 1.165) is 16.7 Å². The van der Waals surface area contributed by atoms with Crippen LogP contribution in [0.5, 0.6) is 5.75 Å². The van der Waals surface area contributed by atoms with Gasteiger partial charge in [0.05, 0.1) is 18.1 Å². The fourth-order valence-electron chi connectivity index (χ4n) is 4.26. The van der Waals surface area contributed by atoms with Gasteiger partial charge in [-0.1, -0.05) is 49.4 Å². The Morgan fingerprint density at radius 1 is 1.06 bits per heavy atom. The average Bonchev–Trinajstić information content (AvgIpc) is 3.34. The SMILES string of the molecule is C=C(C(C)C)C1C(=O)C(=O)N(c2ccc(-c3nc(C)no3)cc2)C1c1ccccc1OC(C)C. The van der Waals surface area contributed by atoms with Crippen LogP contribution in [0.1, 0.15) is 45.1 Å². The van der Waals surface area contributed by atoms with Gasteiger partial charge in [0.1, 0.15) is 5.75 Å². The monoisotopic (exact) mass is 459 g/mol. The van der Waals surface area contributed by atoms with Gasteiger partial charge in [0.15, 0.2) is 5.82 Å². The Morgan fingerprint density at radius 3 is 2.32 bits per heavy atom. The molecule has 1 amide bonds. The molecule has 2 unspecified atom stereocenters. The summed E-state index contributed by atoms with van der Waals surface area (Å²) in [6, 6.07) is 14.2. The van der Waals surface area contributed by atoms with Crippen molar-refractivity contribution in [3.63, 3.8) is 0 Å². The standard InChI is InChI=1S/C27H29N3O4/c1-15(2)17(5)23-24(21-9-7-8-10-22(21)33-16(3)4)30(27(32)25(23)31)20-13-11-19(12-14-20)26-28-18(6)29-34-26/h7-16,23-24H,5H2,1-4,6H3. The van der Waals surface area contributed by atoms with Gasteiger partial charge < -0.3 is 9.26 Å². The summed E-state index contributed by atoms with van der Waals surface area (Å²) in [6.07, 6.45) is -0.0636. The quantitative estimate of drug-likeness (QED) is 0.351. The van der Waals surface area contributed by atoms with Crippen molar-refractivity contribution in [2.45, 2.75) is 46.8 Å². The Hall–Kier alpha value is -3.74. The second-order valence-corrected chi connectivity index (χ2v) is 9.09. The number of aryl methyl sites for hydroxylation is 1. The molecule has 0 radical (unpaired) electrons. The van der Waals surface area contributed by atoms with E-state index in [0.29, 0.717) is 23.2 Å². The Morgan fingerprint density at radius 2 is 1.74 bits per heavy atom. The molecule has 7 nitrogen and oxygen atoms in total. The largest absolute Gasteiger partial charge is 0.491 e. The van der Waals surface area contributed by atoms with Gasteiger partial charge in [0, 0.05) is 16.8 Å². The maximum Gasteiger partial charge on any atom is 0.295 e. The number of carbonyl (C=O) groups excluding carboxylic acids is 2. The topological polar surface area (TPSA) is 85.5 Å². The number of rotatable bonds is 7. The van der Waals surface area contributed by atoms with E-state index < -0.39 is 23.7 Å². The Kier molecular flexibility index (Phi) is 6.37. The molecule has 34 heavy (non-hydrogen) atoms. The van der Waals surface area contributed by atoms with E-state index >= 15 is 0 Å². The molecule has 1 aliphatic rings. The smallest absolute Gasteiger partial charge is 0.295 e. The molecule has 4 rings (SSSR count). The molecular weight excluding hydrogens is 430 g/mol. The maximum absolute atomic E-state index is 13.4. The minimum absolute atomic E-state index is 0.0329. The van der Waals surface area contributed by atoms with Crippen LogP contribution in [0.3, 0.4) is 0 Å². The highest BCUT2D eigenvalue weighted by Crippen LogP contribution is 2.46. The first kappa shape index (κ1) is 23.4. The van der Waals surface area contributed by atoms with Crippen LogP contribution in [0.25, 0.3) is 11.5 Å². The summed E-state index contributed by atoms with van der Waals surface area (Å²) >= 11 is 0. The second kappa shape index (κ2) is 9.25. The van der Waals surface area contributed by atoms with Gasteiger partial charge >= 0.3 is 0 Å². The molecule has 7 heteroatoms. The maximum atomic E-state index is 13.4. The van der Waals surface area contributed by atoms with Crippen molar-refractivity contribution in [3.05, 3.63) is 72.1 Å². The molecule has 0 saturated carbocycles. The molecule has 0 aliphatic carbocycles. The minimum atomic E-state index is -0.678. The van der Waals surface area contributed by atoms with Gasteiger partial charge in [-0.05, 0) is 57.0 Å². The average molecular weight is 460 g/mol. The number of nitrogens with zero attached hydrogens (tertiary/aromatic N) is 3. The number of hydrogen-bond acceptors (Lipinski definition) is 6. The number of carbonyl (C=O) groups is 2. The number of hydrogen-bond donors (Lipinski definition) is 0.